The quantitative estimate of drug-likeness (QED) is 0.163. The molecule has 0 unspecified atom stereocenters. The van der Waals surface area contributed by atoms with Crippen LogP contribution in [0.2, 0.25) is 0 Å². The Morgan fingerprint density at radius 1 is 0.884 bits per heavy atom. The molecule has 0 spiro atoms. The molecule has 43 heavy (non-hydrogen) atoms. The minimum atomic E-state index is -2.19. The van der Waals surface area contributed by atoms with E-state index in [1.807, 2.05) is 0 Å². The topological polar surface area (TPSA) is 249 Å². The van der Waals surface area contributed by atoms with Crippen LogP contribution in [0, 0.1) is 0 Å². The Morgan fingerprint density at radius 2 is 1.56 bits per heavy atom. The van der Waals surface area contributed by atoms with E-state index in [1.54, 1.807) is 0 Å². The Labute approximate surface area is 242 Å². The summed E-state index contributed by atoms with van der Waals surface area (Å²) in [5.41, 5.74) is -3.05. The molecule has 234 valence electrons. The van der Waals surface area contributed by atoms with Crippen molar-refractivity contribution in [3.63, 3.8) is 0 Å². The molecule has 2 fully saturated rings. The van der Waals surface area contributed by atoms with Crippen LogP contribution in [0.25, 0.3) is 22.3 Å². The molecule has 0 bridgehead atoms. The highest BCUT2D eigenvalue weighted by molar-refractivity contribution is 5.91. The number of phenols is 3. The van der Waals surface area contributed by atoms with Crippen LogP contribution in [0.1, 0.15) is 13.8 Å². The van der Waals surface area contributed by atoms with E-state index in [-0.39, 0.29) is 11.5 Å². The van der Waals surface area contributed by atoms with Crippen molar-refractivity contribution >= 4 is 11.0 Å². The number of benzene rings is 2. The van der Waals surface area contributed by atoms with Crippen LogP contribution in [0.5, 0.6) is 23.0 Å². The zero-order valence-electron chi connectivity index (χ0n) is 22.8. The zero-order valence-corrected chi connectivity index (χ0v) is 22.8. The monoisotopic (exact) mass is 608 g/mol. The molecule has 2 aliphatic heterocycles. The van der Waals surface area contributed by atoms with Crippen molar-refractivity contribution in [2.75, 3.05) is 6.61 Å². The summed E-state index contributed by atoms with van der Waals surface area (Å²) in [6.45, 7) is 1.78. The molecule has 15 nitrogen and oxygen atoms in total. The van der Waals surface area contributed by atoms with Crippen molar-refractivity contribution in [1.82, 2.24) is 0 Å². The summed E-state index contributed by atoms with van der Waals surface area (Å²) < 4.78 is 28.8. The van der Waals surface area contributed by atoms with Gasteiger partial charge in [0.25, 0.3) is 0 Å². The lowest BCUT2D eigenvalue weighted by Gasteiger charge is -2.51. The molecule has 2 aliphatic rings. The molecule has 0 amide bonds. The van der Waals surface area contributed by atoms with Crippen molar-refractivity contribution in [3.8, 4) is 34.3 Å². The van der Waals surface area contributed by atoms with E-state index in [4.69, 9.17) is 23.4 Å². The van der Waals surface area contributed by atoms with Gasteiger partial charge in [0, 0.05) is 17.7 Å². The number of fused-ring (bicyclic) bond motifs is 1. The van der Waals surface area contributed by atoms with Gasteiger partial charge in [0.15, 0.2) is 28.7 Å². The van der Waals surface area contributed by atoms with Crippen molar-refractivity contribution in [1.29, 1.82) is 0 Å². The average Bonchev–Trinajstić information content (AvgIpc) is 2.96. The maximum absolute atomic E-state index is 13.1. The molecule has 3 aromatic rings. The molecule has 0 aliphatic carbocycles. The Bertz CT molecular complexity index is 1520. The summed E-state index contributed by atoms with van der Waals surface area (Å²) in [7, 11) is 0. The van der Waals surface area contributed by atoms with Gasteiger partial charge >= 0.3 is 0 Å². The van der Waals surface area contributed by atoms with Crippen LogP contribution in [-0.4, -0.2) is 113 Å². The van der Waals surface area contributed by atoms with Crippen molar-refractivity contribution in [2.45, 2.75) is 74.8 Å². The van der Waals surface area contributed by atoms with Gasteiger partial charge in [-0.15, -0.1) is 0 Å². The first kappa shape index (κ1) is 30.9. The zero-order chi connectivity index (χ0) is 31.4. The molecular formula is C28H32O15. The number of rotatable bonds is 6. The SMILES string of the molecule is C[C@@H]1O[C@@H](O[C@@]2(C)[C@H](Oc3c(O)cc(O)c4c(=O)cc(-c5ccc(O)cc5)oc34)O[C@H](CO)[C@@H](O)[C@@H]2O)[C@H](O)[C@H](O)[C@H]1O. The number of aromatic hydroxyl groups is 3. The van der Waals surface area contributed by atoms with Gasteiger partial charge in [-0.3, -0.25) is 4.79 Å². The highest BCUT2D eigenvalue weighted by atomic mass is 16.8. The first-order chi connectivity index (χ1) is 20.3. The third-order valence-electron chi connectivity index (χ3n) is 7.71. The Balaban J connectivity index is 1.60. The second-order valence-corrected chi connectivity index (χ2v) is 10.7. The molecule has 2 aromatic carbocycles. The summed E-state index contributed by atoms with van der Waals surface area (Å²) in [6, 6.07) is 7.46. The fourth-order valence-corrected chi connectivity index (χ4v) is 5.11. The second-order valence-electron chi connectivity index (χ2n) is 10.7. The van der Waals surface area contributed by atoms with Crippen LogP contribution in [0.4, 0.5) is 0 Å². The van der Waals surface area contributed by atoms with E-state index >= 15 is 0 Å². The maximum Gasteiger partial charge on any atom is 0.232 e. The maximum atomic E-state index is 13.1. The lowest BCUT2D eigenvalue weighted by Crippen LogP contribution is -2.70. The third kappa shape index (κ3) is 5.39. The van der Waals surface area contributed by atoms with Gasteiger partial charge in [0.2, 0.25) is 12.0 Å². The van der Waals surface area contributed by atoms with Crippen LogP contribution in [0.3, 0.4) is 0 Å². The molecule has 1 aromatic heterocycles. The number of aliphatic hydroxyl groups excluding tert-OH is 6. The highest BCUT2D eigenvalue weighted by Gasteiger charge is 2.58. The van der Waals surface area contributed by atoms with Crippen LogP contribution >= 0.6 is 0 Å². The van der Waals surface area contributed by atoms with Crippen LogP contribution in [-0.2, 0) is 14.2 Å². The summed E-state index contributed by atoms with van der Waals surface area (Å²) >= 11 is 0. The van der Waals surface area contributed by atoms with Gasteiger partial charge in [-0.2, -0.15) is 0 Å². The average molecular weight is 609 g/mol. The smallest absolute Gasteiger partial charge is 0.232 e. The minimum Gasteiger partial charge on any atom is -0.508 e. The number of hydrogen-bond donors (Lipinski definition) is 9. The first-order valence-electron chi connectivity index (χ1n) is 13.3. The first-order valence-corrected chi connectivity index (χ1v) is 13.3. The summed E-state index contributed by atoms with van der Waals surface area (Å²) in [5, 5.41) is 93.0. The van der Waals surface area contributed by atoms with Crippen molar-refractivity contribution in [3.05, 3.63) is 46.6 Å². The van der Waals surface area contributed by atoms with E-state index < -0.39 is 101 Å². The molecule has 0 saturated carbocycles. The third-order valence-corrected chi connectivity index (χ3v) is 7.71. The predicted octanol–water partition coefficient (Wildman–Crippen LogP) is -1.00. The van der Waals surface area contributed by atoms with Crippen molar-refractivity contribution < 1.29 is 69.3 Å². The number of phenolic OH excluding ortho intramolecular Hbond substituents is 3. The molecule has 2 saturated heterocycles. The number of hydrogen-bond acceptors (Lipinski definition) is 15. The van der Waals surface area contributed by atoms with Gasteiger partial charge in [-0.25, -0.2) is 0 Å². The number of aliphatic hydroxyl groups is 6. The van der Waals surface area contributed by atoms with Gasteiger partial charge in [-0.05, 0) is 38.1 Å². The van der Waals surface area contributed by atoms with Gasteiger partial charge in [-0.1, -0.05) is 0 Å². The fraction of sp³-hybridized carbons (Fsp3) is 0.464. The van der Waals surface area contributed by atoms with Gasteiger partial charge in [0.1, 0.15) is 59.3 Å². The molecule has 3 heterocycles. The molecule has 0 radical (unpaired) electrons. The van der Waals surface area contributed by atoms with E-state index in [1.165, 1.54) is 38.1 Å². The standard InChI is InChI=1S/C28H32O15/c1-10-19(34)21(36)22(37)26(39-10)43-28(2)25(38)20(35)17(9-29)41-27(28)42-23-15(33)7-13(31)18-14(32)8-16(40-24(18)23)11-3-5-12(30)6-4-11/h3-8,10,17,19-22,25-27,29-31,33-38H,9H2,1-2H3/t10-,17+,19-,20+,21+,22+,25-,26-,27-,28+/m0/s1. The molecule has 10 atom stereocenters. The summed E-state index contributed by atoms with van der Waals surface area (Å²) in [5.74, 6) is -2.07. The summed E-state index contributed by atoms with van der Waals surface area (Å²) in [4.78, 5) is 13.1. The Kier molecular flexibility index (Phi) is 8.30. The van der Waals surface area contributed by atoms with Gasteiger partial charge < -0.3 is 69.3 Å². The molecule has 9 N–H and O–H groups in total. The molecular weight excluding hydrogens is 576 g/mol. The summed E-state index contributed by atoms with van der Waals surface area (Å²) in [6.07, 6.45) is -14.8. The van der Waals surface area contributed by atoms with E-state index in [2.05, 4.69) is 0 Å². The lowest BCUT2D eigenvalue weighted by molar-refractivity contribution is -0.386. The largest absolute Gasteiger partial charge is 0.508 e. The molecule has 15 heteroatoms. The Hall–Kier alpha value is -3.51. The number of ether oxygens (including phenoxy) is 4. The minimum absolute atomic E-state index is 0.0418. The lowest BCUT2D eigenvalue weighted by atomic mass is 9.87. The highest BCUT2D eigenvalue weighted by Crippen LogP contribution is 2.44. The van der Waals surface area contributed by atoms with E-state index in [0.717, 1.165) is 12.1 Å². The second kappa shape index (κ2) is 11.5. The van der Waals surface area contributed by atoms with Crippen LogP contribution < -0.4 is 10.2 Å². The van der Waals surface area contributed by atoms with E-state index in [9.17, 15) is 50.8 Å². The molecule has 5 rings (SSSR count). The normalized spacial score (nSPS) is 34.7. The van der Waals surface area contributed by atoms with Gasteiger partial charge in [0.05, 0.1) is 12.7 Å². The fourth-order valence-electron chi connectivity index (χ4n) is 5.11. The predicted molar refractivity (Wildman–Crippen MR) is 143 cm³/mol. The van der Waals surface area contributed by atoms with Crippen LogP contribution in [0.15, 0.2) is 45.6 Å². The Morgan fingerprint density at radius 3 is 2.21 bits per heavy atom. The van der Waals surface area contributed by atoms with Crippen molar-refractivity contribution in [2.24, 2.45) is 0 Å². The van der Waals surface area contributed by atoms with E-state index in [0.29, 0.717) is 5.56 Å².